The van der Waals surface area contributed by atoms with Crippen LogP contribution in [0.1, 0.15) is 47.5 Å². The minimum atomic E-state index is -0.616. The zero-order valence-corrected chi connectivity index (χ0v) is 15.2. The Morgan fingerprint density at radius 2 is 1.91 bits per heavy atom. The monoisotopic (exact) mass is 345 g/mol. The van der Waals surface area contributed by atoms with Crippen LogP contribution in [0.5, 0.6) is 0 Å². The lowest BCUT2D eigenvalue weighted by molar-refractivity contribution is 0.0129. The Morgan fingerprint density at radius 1 is 1.30 bits per heavy atom. The van der Waals surface area contributed by atoms with E-state index in [9.17, 15) is 9.59 Å². The molecule has 0 spiro atoms. The third-order valence-corrected chi connectivity index (χ3v) is 3.48. The fourth-order valence-corrected chi connectivity index (χ4v) is 2.57. The Kier molecular flexibility index (Phi) is 6.61. The SMILES string of the molecule is CC(C)OC(=O)N[C@H]1CC[C@H](C(N)=S)N(C(=O)OC(C)(C)C)C1. The predicted octanol–water partition coefficient (Wildman–Crippen LogP) is 2.18. The van der Waals surface area contributed by atoms with Crippen molar-refractivity contribution in [3.63, 3.8) is 0 Å². The lowest BCUT2D eigenvalue weighted by Gasteiger charge is -2.39. The van der Waals surface area contributed by atoms with Crippen LogP contribution in [0.15, 0.2) is 0 Å². The quantitative estimate of drug-likeness (QED) is 0.762. The van der Waals surface area contributed by atoms with Gasteiger partial charge in [0.25, 0.3) is 0 Å². The molecule has 0 aliphatic carbocycles. The highest BCUT2D eigenvalue weighted by Crippen LogP contribution is 2.21. The Balaban J connectivity index is 2.75. The van der Waals surface area contributed by atoms with Crippen molar-refractivity contribution >= 4 is 29.4 Å². The van der Waals surface area contributed by atoms with Gasteiger partial charge in [-0.2, -0.15) is 0 Å². The molecule has 8 heteroatoms. The largest absolute Gasteiger partial charge is 0.447 e. The van der Waals surface area contributed by atoms with Crippen LogP contribution in [0.3, 0.4) is 0 Å². The highest BCUT2D eigenvalue weighted by atomic mass is 32.1. The normalized spacial score (nSPS) is 21.7. The van der Waals surface area contributed by atoms with Gasteiger partial charge in [0.2, 0.25) is 0 Å². The van der Waals surface area contributed by atoms with Crippen molar-refractivity contribution in [2.45, 2.75) is 71.2 Å². The molecular formula is C15H27N3O4S. The van der Waals surface area contributed by atoms with Gasteiger partial charge >= 0.3 is 12.2 Å². The molecule has 1 rings (SSSR count). The number of carbonyl (C=O) groups is 2. The maximum Gasteiger partial charge on any atom is 0.410 e. The van der Waals surface area contributed by atoms with Crippen LogP contribution < -0.4 is 11.1 Å². The van der Waals surface area contributed by atoms with Crippen LogP contribution in [0, 0.1) is 0 Å². The van der Waals surface area contributed by atoms with Gasteiger partial charge in [0.05, 0.1) is 23.2 Å². The number of amides is 2. The molecule has 0 aromatic carbocycles. The van der Waals surface area contributed by atoms with Gasteiger partial charge < -0.3 is 20.5 Å². The molecular weight excluding hydrogens is 318 g/mol. The molecule has 132 valence electrons. The van der Waals surface area contributed by atoms with Crippen molar-refractivity contribution in [1.29, 1.82) is 0 Å². The first kappa shape index (κ1) is 19.5. The second kappa shape index (κ2) is 7.81. The Morgan fingerprint density at radius 3 is 2.39 bits per heavy atom. The number of nitrogens with zero attached hydrogens (tertiary/aromatic N) is 1. The van der Waals surface area contributed by atoms with Crippen molar-refractivity contribution in [3.8, 4) is 0 Å². The molecule has 2 amide bonds. The van der Waals surface area contributed by atoms with Crippen LogP contribution >= 0.6 is 12.2 Å². The Bertz CT molecular complexity index is 462. The van der Waals surface area contributed by atoms with Gasteiger partial charge in [0, 0.05) is 6.54 Å². The zero-order chi connectivity index (χ0) is 17.8. The van der Waals surface area contributed by atoms with Gasteiger partial charge in [0.15, 0.2) is 0 Å². The fraction of sp³-hybridized carbons (Fsp3) is 0.800. The number of hydrogen-bond acceptors (Lipinski definition) is 5. The van der Waals surface area contributed by atoms with Crippen molar-refractivity contribution in [2.24, 2.45) is 5.73 Å². The number of nitrogens with one attached hydrogen (secondary N) is 1. The van der Waals surface area contributed by atoms with Gasteiger partial charge in [-0.15, -0.1) is 0 Å². The average Bonchev–Trinajstić information content (AvgIpc) is 2.35. The highest BCUT2D eigenvalue weighted by molar-refractivity contribution is 7.80. The summed E-state index contributed by atoms with van der Waals surface area (Å²) in [5.41, 5.74) is 5.13. The van der Waals surface area contributed by atoms with Crippen molar-refractivity contribution in [2.75, 3.05) is 6.54 Å². The van der Waals surface area contributed by atoms with Gasteiger partial charge in [-0.1, -0.05) is 12.2 Å². The minimum absolute atomic E-state index is 0.204. The van der Waals surface area contributed by atoms with Crippen LogP contribution in [-0.4, -0.2) is 52.4 Å². The maximum atomic E-state index is 12.4. The number of carbonyl (C=O) groups excluding carboxylic acids is 2. The molecule has 7 nitrogen and oxygen atoms in total. The number of likely N-dealkylation sites (tertiary alicyclic amines) is 1. The number of piperidine rings is 1. The molecule has 0 bridgehead atoms. The molecule has 1 heterocycles. The molecule has 1 aliphatic rings. The van der Waals surface area contributed by atoms with Crippen molar-refractivity contribution in [1.82, 2.24) is 10.2 Å². The van der Waals surface area contributed by atoms with Gasteiger partial charge in [0.1, 0.15) is 5.60 Å². The number of nitrogens with two attached hydrogens (primary N) is 1. The first-order valence-corrected chi connectivity index (χ1v) is 8.16. The fourth-order valence-electron chi connectivity index (χ4n) is 2.32. The molecule has 2 atom stereocenters. The first-order chi connectivity index (χ1) is 10.5. The third-order valence-electron chi connectivity index (χ3n) is 3.20. The topological polar surface area (TPSA) is 93.9 Å². The van der Waals surface area contributed by atoms with E-state index >= 15 is 0 Å². The Labute approximate surface area is 142 Å². The summed E-state index contributed by atoms with van der Waals surface area (Å²) in [6, 6.07) is -0.585. The summed E-state index contributed by atoms with van der Waals surface area (Å²) < 4.78 is 10.5. The standard InChI is InChI=1S/C15H27N3O4S/c1-9(2)21-13(19)17-10-6-7-11(12(16)23)18(8-10)14(20)22-15(3,4)5/h9-11H,6-8H2,1-5H3,(H2,16,23)(H,17,19)/t10-,11+/m0/s1. The molecule has 0 radical (unpaired) electrons. The number of alkyl carbamates (subject to hydrolysis) is 1. The second-order valence-electron chi connectivity index (χ2n) is 6.92. The molecule has 0 aromatic heterocycles. The lowest BCUT2D eigenvalue weighted by Crippen LogP contribution is -2.58. The molecule has 0 unspecified atom stereocenters. The number of thiocarbonyl (C=S) groups is 1. The summed E-state index contributed by atoms with van der Waals surface area (Å²) in [6.45, 7) is 9.21. The summed E-state index contributed by atoms with van der Waals surface area (Å²) in [5.74, 6) is 0. The van der Waals surface area contributed by atoms with E-state index in [1.165, 1.54) is 4.90 Å². The smallest absolute Gasteiger partial charge is 0.410 e. The molecule has 1 saturated heterocycles. The predicted molar refractivity (Wildman–Crippen MR) is 91.3 cm³/mol. The molecule has 23 heavy (non-hydrogen) atoms. The van der Waals surface area contributed by atoms with E-state index in [0.717, 1.165) is 0 Å². The van der Waals surface area contributed by atoms with E-state index in [1.807, 2.05) is 0 Å². The van der Waals surface area contributed by atoms with Gasteiger partial charge in [-0.25, -0.2) is 9.59 Å². The van der Waals surface area contributed by atoms with E-state index in [1.54, 1.807) is 34.6 Å². The number of rotatable bonds is 3. The summed E-state index contributed by atoms with van der Waals surface area (Å²) in [6.07, 6.45) is 0.0438. The highest BCUT2D eigenvalue weighted by Gasteiger charge is 2.36. The molecule has 1 aliphatic heterocycles. The summed E-state index contributed by atoms with van der Waals surface area (Å²) >= 11 is 5.05. The minimum Gasteiger partial charge on any atom is -0.447 e. The molecule has 3 N–H and O–H groups in total. The van der Waals surface area contributed by atoms with E-state index in [-0.39, 0.29) is 29.7 Å². The molecule has 1 fully saturated rings. The van der Waals surface area contributed by atoms with Crippen molar-refractivity contribution < 1.29 is 19.1 Å². The van der Waals surface area contributed by atoms with E-state index in [0.29, 0.717) is 12.8 Å². The van der Waals surface area contributed by atoms with E-state index in [4.69, 9.17) is 27.4 Å². The second-order valence-corrected chi connectivity index (χ2v) is 7.39. The van der Waals surface area contributed by atoms with Gasteiger partial charge in [-0.3, -0.25) is 4.90 Å². The lowest BCUT2D eigenvalue weighted by atomic mass is 9.98. The number of ether oxygens (including phenoxy) is 2. The van der Waals surface area contributed by atoms with Crippen LogP contribution in [-0.2, 0) is 9.47 Å². The average molecular weight is 345 g/mol. The summed E-state index contributed by atoms with van der Waals surface area (Å²) in [5, 5.41) is 2.76. The maximum absolute atomic E-state index is 12.4. The third kappa shape index (κ3) is 6.60. The first-order valence-electron chi connectivity index (χ1n) is 7.75. The molecule has 0 saturated carbocycles. The Hall–Kier alpha value is -1.57. The van der Waals surface area contributed by atoms with Gasteiger partial charge in [-0.05, 0) is 47.5 Å². The summed E-state index contributed by atoms with van der Waals surface area (Å²) in [4.78, 5) is 25.8. The van der Waals surface area contributed by atoms with E-state index < -0.39 is 17.8 Å². The number of hydrogen-bond donors (Lipinski definition) is 2. The van der Waals surface area contributed by atoms with Crippen LogP contribution in [0.2, 0.25) is 0 Å². The van der Waals surface area contributed by atoms with Crippen molar-refractivity contribution in [3.05, 3.63) is 0 Å². The zero-order valence-electron chi connectivity index (χ0n) is 14.4. The van der Waals surface area contributed by atoms with Crippen LogP contribution in [0.25, 0.3) is 0 Å². The summed E-state index contributed by atoms with van der Waals surface area (Å²) in [7, 11) is 0. The van der Waals surface area contributed by atoms with E-state index in [2.05, 4.69) is 5.32 Å². The molecule has 0 aromatic rings. The van der Waals surface area contributed by atoms with Crippen LogP contribution in [0.4, 0.5) is 9.59 Å².